The molecule has 0 aliphatic carbocycles. The van der Waals surface area contributed by atoms with Gasteiger partial charge in [-0.25, -0.2) is 0 Å². The molecule has 0 bridgehead atoms. The third-order valence-corrected chi connectivity index (χ3v) is 3.51. The zero-order valence-corrected chi connectivity index (χ0v) is 15.4. The molecule has 2 aromatic rings. The van der Waals surface area contributed by atoms with Gasteiger partial charge in [-0.2, -0.15) is 5.26 Å². The number of methoxy groups -OCH3 is 1. The highest BCUT2D eigenvalue weighted by Crippen LogP contribution is 2.28. The summed E-state index contributed by atoms with van der Waals surface area (Å²) in [5.74, 6) is 1.34. The summed E-state index contributed by atoms with van der Waals surface area (Å²) >= 11 is 0. The minimum absolute atomic E-state index is 0.0620. The second kappa shape index (κ2) is 10.5. The van der Waals surface area contributed by atoms with Crippen molar-refractivity contribution in [1.82, 2.24) is 0 Å². The first-order chi connectivity index (χ1) is 13.2. The number of amides is 1. The Balaban J connectivity index is 2.06. The van der Waals surface area contributed by atoms with Gasteiger partial charge in [-0.05, 0) is 42.3 Å². The van der Waals surface area contributed by atoms with Gasteiger partial charge in [0.15, 0.2) is 18.1 Å². The fourth-order valence-electron chi connectivity index (χ4n) is 2.27. The fourth-order valence-corrected chi connectivity index (χ4v) is 2.27. The number of carbonyl (C=O) groups is 1. The van der Waals surface area contributed by atoms with Gasteiger partial charge in [-0.1, -0.05) is 25.1 Å². The molecule has 0 fully saturated rings. The summed E-state index contributed by atoms with van der Waals surface area (Å²) in [4.78, 5) is 12.2. The molecular weight excluding hydrogens is 344 g/mol. The van der Waals surface area contributed by atoms with E-state index in [0.717, 1.165) is 12.0 Å². The van der Waals surface area contributed by atoms with Crippen LogP contribution in [0.15, 0.2) is 48.5 Å². The van der Waals surface area contributed by atoms with E-state index in [1.807, 2.05) is 31.2 Å². The van der Waals surface area contributed by atoms with Crippen LogP contribution in [0.3, 0.4) is 0 Å². The molecule has 6 nitrogen and oxygen atoms in total. The van der Waals surface area contributed by atoms with Crippen LogP contribution in [0.25, 0.3) is 6.08 Å². The van der Waals surface area contributed by atoms with Gasteiger partial charge in [-0.3, -0.25) is 4.79 Å². The zero-order valence-electron chi connectivity index (χ0n) is 15.4. The number of hydrogen-bond donors (Lipinski definition) is 1. The highest BCUT2D eigenvalue weighted by atomic mass is 16.5. The van der Waals surface area contributed by atoms with Crippen molar-refractivity contribution in [2.75, 3.05) is 25.6 Å². The zero-order chi connectivity index (χ0) is 19.5. The standard InChI is InChI=1S/C21H22N2O4/c1-3-13-26-18-7-5-4-6-17(18)23-21(24)11-9-16-8-10-19(27-14-12-22)20(15-16)25-2/h4-11,15H,3,13-14H2,1-2H3,(H,23,24)/b11-9+. The number of para-hydroxylation sites is 2. The summed E-state index contributed by atoms with van der Waals surface area (Å²) in [6, 6.07) is 14.4. The summed E-state index contributed by atoms with van der Waals surface area (Å²) in [6.45, 7) is 2.55. The molecule has 0 aliphatic heterocycles. The maximum atomic E-state index is 12.2. The minimum atomic E-state index is -0.272. The Labute approximate surface area is 159 Å². The topological polar surface area (TPSA) is 80.6 Å². The summed E-state index contributed by atoms with van der Waals surface area (Å²) in [5.41, 5.74) is 1.39. The van der Waals surface area contributed by atoms with Gasteiger partial charge >= 0.3 is 0 Å². The molecule has 0 aromatic heterocycles. The van der Waals surface area contributed by atoms with Crippen LogP contribution >= 0.6 is 0 Å². The Morgan fingerprint density at radius 3 is 2.70 bits per heavy atom. The Kier molecular flexibility index (Phi) is 7.73. The number of hydrogen-bond acceptors (Lipinski definition) is 5. The average molecular weight is 366 g/mol. The number of nitriles is 1. The molecule has 0 atom stereocenters. The summed E-state index contributed by atoms with van der Waals surface area (Å²) in [6.07, 6.45) is 3.99. The number of carbonyl (C=O) groups excluding carboxylic acids is 1. The van der Waals surface area contributed by atoms with Crippen molar-refractivity contribution in [3.8, 4) is 23.3 Å². The van der Waals surface area contributed by atoms with Crippen molar-refractivity contribution in [3.63, 3.8) is 0 Å². The lowest BCUT2D eigenvalue weighted by Gasteiger charge is -2.11. The van der Waals surface area contributed by atoms with Gasteiger partial charge in [0.05, 0.1) is 19.4 Å². The molecule has 0 aliphatic rings. The molecule has 2 aromatic carbocycles. The van der Waals surface area contributed by atoms with Crippen LogP contribution in [0.2, 0.25) is 0 Å². The van der Waals surface area contributed by atoms with Gasteiger partial charge in [-0.15, -0.1) is 0 Å². The summed E-state index contributed by atoms with van der Waals surface area (Å²) < 4.78 is 16.2. The Bertz CT molecular complexity index is 840. The number of ether oxygens (including phenoxy) is 3. The van der Waals surface area contributed by atoms with Crippen molar-refractivity contribution >= 4 is 17.7 Å². The fraction of sp³-hybridized carbons (Fsp3) is 0.238. The average Bonchev–Trinajstić information content (AvgIpc) is 2.70. The molecular formula is C21H22N2O4. The Hall–Kier alpha value is -3.46. The predicted molar refractivity (Wildman–Crippen MR) is 104 cm³/mol. The van der Waals surface area contributed by atoms with E-state index in [9.17, 15) is 4.79 Å². The SMILES string of the molecule is CCCOc1ccccc1NC(=O)/C=C/c1ccc(OCC#N)c(OC)c1. The maximum absolute atomic E-state index is 12.2. The number of anilines is 1. The predicted octanol–water partition coefficient (Wildman–Crippen LogP) is 4.04. The molecule has 0 spiro atoms. The molecule has 0 saturated heterocycles. The molecule has 0 unspecified atom stereocenters. The molecule has 1 amide bonds. The van der Waals surface area contributed by atoms with E-state index in [2.05, 4.69) is 5.32 Å². The monoisotopic (exact) mass is 366 g/mol. The van der Waals surface area contributed by atoms with Crippen molar-refractivity contribution in [3.05, 3.63) is 54.1 Å². The second-order valence-electron chi connectivity index (χ2n) is 5.52. The molecule has 0 radical (unpaired) electrons. The highest BCUT2D eigenvalue weighted by molar-refractivity contribution is 6.02. The third kappa shape index (κ3) is 6.08. The van der Waals surface area contributed by atoms with Crippen LogP contribution < -0.4 is 19.5 Å². The van der Waals surface area contributed by atoms with Crippen LogP contribution in [0, 0.1) is 11.3 Å². The van der Waals surface area contributed by atoms with E-state index in [1.165, 1.54) is 13.2 Å². The molecule has 27 heavy (non-hydrogen) atoms. The normalized spacial score (nSPS) is 10.3. The summed E-state index contributed by atoms with van der Waals surface area (Å²) in [5, 5.41) is 11.4. The lowest BCUT2D eigenvalue weighted by atomic mass is 10.2. The smallest absolute Gasteiger partial charge is 0.248 e. The first-order valence-electron chi connectivity index (χ1n) is 8.56. The molecule has 0 heterocycles. The van der Waals surface area contributed by atoms with Crippen molar-refractivity contribution < 1.29 is 19.0 Å². The number of rotatable bonds is 9. The van der Waals surface area contributed by atoms with Gasteiger partial charge in [0.2, 0.25) is 5.91 Å². The van der Waals surface area contributed by atoms with Gasteiger partial charge in [0.25, 0.3) is 0 Å². The number of nitrogens with zero attached hydrogens (tertiary/aromatic N) is 1. The maximum Gasteiger partial charge on any atom is 0.248 e. The molecule has 0 saturated carbocycles. The quantitative estimate of drug-likeness (QED) is 0.678. The van der Waals surface area contributed by atoms with Crippen LogP contribution in [0.1, 0.15) is 18.9 Å². The lowest BCUT2D eigenvalue weighted by molar-refractivity contribution is -0.111. The van der Waals surface area contributed by atoms with Crippen molar-refractivity contribution in [2.45, 2.75) is 13.3 Å². The third-order valence-electron chi connectivity index (χ3n) is 3.51. The Morgan fingerprint density at radius 2 is 1.96 bits per heavy atom. The molecule has 140 valence electrons. The van der Waals surface area contributed by atoms with E-state index >= 15 is 0 Å². The van der Waals surface area contributed by atoms with E-state index in [4.69, 9.17) is 19.5 Å². The largest absolute Gasteiger partial charge is 0.493 e. The van der Waals surface area contributed by atoms with Gasteiger partial charge in [0.1, 0.15) is 11.8 Å². The molecule has 1 N–H and O–H groups in total. The van der Waals surface area contributed by atoms with Crippen LogP contribution in [0.5, 0.6) is 17.2 Å². The second-order valence-corrected chi connectivity index (χ2v) is 5.52. The lowest BCUT2D eigenvalue weighted by Crippen LogP contribution is -2.09. The van der Waals surface area contributed by atoms with E-state index in [1.54, 1.807) is 30.3 Å². The number of benzene rings is 2. The number of nitrogens with one attached hydrogen (secondary N) is 1. The Morgan fingerprint density at radius 1 is 1.15 bits per heavy atom. The molecule has 2 rings (SSSR count). The summed E-state index contributed by atoms with van der Waals surface area (Å²) in [7, 11) is 1.52. The molecule has 6 heteroatoms. The van der Waals surface area contributed by atoms with E-state index < -0.39 is 0 Å². The van der Waals surface area contributed by atoms with Crippen molar-refractivity contribution in [1.29, 1.82) is 5.26 Å². The first-order valence-corrected chi connectivity index (χ1v) is 8.56. The van der Waals surface area contributed by atoms with Gasteiger partial charge < -0.3 is 19.5 Å². The van der Waals surface area contributed by atoms with Gasteiger partial charge in [0, 0.05) is 6.08 Å². The van der Waals surface area contributed by atoms with Crippen LogP contribution in [-0.4, -0.2) is 26.2 Å². The minimum Gasteiger partial charge on any atom is -0.493 e. The van der Waals surface area contributed by atoms with Crippen LogP contribution in [0.4, 0.5) is 5.69 Å². The van der Waals surface area contributed by atoms with Crippen LogP contribution in [-0.2, 0) is 4.79 Å². The first kappa shape index (κ1) is 19.9. The van der Waals surface area contributed by atoms with Crippen molar-refractivity contribution in [2.24, 2.45) is 0 Å². The highest BCUT2D eigenvalue weighted by Gasteiger charge is 2.07. The van der Waals surface area contributed by atoms with E-state index in [0.29, 0.717) is 29.5 Å². The van der Waals surface area contributed by atoms with E-state index in [-0.39, 0.29) is 12.5 Å².